The molecular weight excluding hydrogens is 298 g/mol. The van der Waals surface area contributed by atoms with Crippen LogP contribution in [0.25, 0.3) is 0 Å². The molecule has 2 heterocycles. The van der Waals surface area contributed by atoms with E-state index in [4.69, 9.17) is 0 Å². The second kappa shape index (κ2) is 8.13. The molecule has 2 saturated heterocycles. The highest BCUT2D eigenvalue weighted by atomic mass is 16.2. The van der Waals surface area contributed by atoms with E-state index in [-0.39, 0.29) is 11.9 Å². The maximum atomic E-state index is 12.2. The molecule has 2 aliphatic rings. The zero-order valence-electron chi connectivity index (χ0n) is 15.1. The molecule has 0 saturated carbocycles. The zero-order valence-corrected chi connectivity index (χ0v) is 15.1. The Bertz CT molecular complexity index is 554. The quantitative estimate of drug-likeness (QED) is 0.873. The number of likely N-dealkylation sites (tertiary alicyclic amines) is 1. The number of nitrogens with one attached hydrogen (secondary N) is 2. The average molecular weight is 329 g/mol. The van der Waals surface area contributed by atoms with Crippen LogP contribution < -0.4 is 10.6 Å². The van der Waals surface area contributed by atoms with Crippen molar-refractivity contribution in [3.05, 3.63) is 35.4 Å². The van der Waals surface area contributed by atoms with Crippen LogP contribution in [-0.4, -0.2) is 43.0 Å². The highest BCUT2D eigenvalue weighted by molar-refractivity contribution is 5.81. The maximum Gasteiger partial charge on any atom is 0.237 e. The lowest BCUT2D eigenvalue weighted by Crippen LogP contribution is -2.45. The summed E-state index contributed by atoms with van der Waals surface area (Å²) >= 11 is 0. The number of nitrogens with zero attached hydrogens (tertiary/aromatic N) is 1. The molecular formula is C20H31N3O. The molecule has 3 rings (SSSR count). The third-order valence-corrected chi connectivity index (χ3v) is 5.56. The molecule has 0 bridgehead atoms. The zero-order chi connectivity index (χ0) is 16.9. The summed E-state index contributed by atoms with van der Waals surface area (Å²) in [4.78, 5) is 14.7. The molecule has 132 valence electrons. The van der Waals surface area contributed by atoms with Gasteiger partial charge < -0.3 is 10.6 Å². The number of rotatable bonds is 5. The number of carbonyl (C=O) groups excluding carboxylic acids is 1. The first-order valence-corrected chi connectivity index (χ1v) is 9.45. The van der Waals surface area contributed by atoms with Crippen molar-refractivity contribution in [2.24, 2.45) is 5.92 Å². The molecule has 0 spiro atoms. The van der Waals surface area contributed by atoms with Crippen LogP contribution in [0.4, 0.5) is 0 Å². The SMILES string of the molecule is Cc1cccc(C(C)N2CCCC(CNC(=O)C3CCCN3)C2)c1. The van der Waals surface area contributed by atoms with Crippen LogP contribution in [0.5, 0.6) is 0 Å². The lowest BCUT2D eigenvalue weighted by molar-refractivity contribution is -0.123. The number of aryl methyl sites for hydroxylation is 1. The van der Waals surface area contributed by atoms with Gasteiger partial charge in [-0.3, -0.25) is 9.69 Å². The van der Waals surface area contributed by atoms with E-state index in [0.717, 1.165) is 39.0 Å². The number of benzene rings is 1. The second-order valence-electron chi connectivity index (χ2n) is 7.49. The summed E-state index contributed by atoms with van der Waals surface area (Å²) < 4.78 is 0. The Kier molecular flexibility index (Phi) is 5.90. The molecule has 1 aromatic rings. The monoisotopic (exact) mass is 329 g/mol. The van der Waals surface area contributed by atoms with Gasteiger partial charge in [0.15, 0.2) is 0 Å². The largest absolute Gasteiger partial charge is 0.354 e. The van der Waals surface area contributed by atoms with E-state index in [2.05, 4.69) is 53.6 Å². The predicted octanol–water partition coefficient (Wildman–Crippen LogP) is 2.64. The number of amides is 1. The van der Waals surface area contributed by atoms with Crippen molar-refractivity contribution in [3.8, 4) is 0 Å². The minimum atomic E-state index is 0.0379. The van der Waals surface area contributed by atoms with E-state index < -0.39 is 0 Å². The highest BCUT2D eigenvalue weighted by Crippen LogP contribution is 2.26. The summed E-state index contributed by atoms with van der Waals surface area (Å²) in [5, 5.41) is 6.45. The smallest absolute Gasteiger partial charge is 0.237 e. The fourth-order valence-electron chi connectivity index (χ4n) is 4.03. The van der Waals surface area contributed by atoms with Crippen LogP contribution in [0.3, 0.4) is 0 Å². The Labute approximate surface area is 146 Å². The van der Waals surface area contributed by atoms with Gasteiger partial charge in [0.1, 0.15) is 0 Å². The van der Waals surface area contributed by atoms with E-state index in [1.165, 1.54) is 24.0 Å². The van der Waals surface area contributed by atoms with E-state index in [0.29, 0.717) is 12.0 Å². The first-order valence-electron chi connectivity index (χ1n) is 9.45. The van der Waals surface area contributed by atoms with E-state index in [9.17, 15) is 4.79 Å². The van der Waals surface area contributed by atoms with E-state index in [1.807, 2.05) is 0 Å². The van der Waals surface area contributed by atoms with Gasteiger partial charge in [-0.15, -0.1) is 0 Å². The first kappa shape index (κ1) is 17.4. The number of carbonyl (C=O) groups is 1. The van der Waals surface area contributed by atoms with Gasteiger partial charge in [-0.1, -0.05) is 29.8 Å². The van der Waals surface area contributed by atoms with Gasteiger partial charge in [0.2, 0.25) is 5.91 Å². The maximum absolute atomic E-state index is 12.2. The number of hydrogen-bond acceptors (Lipinski definition) is 3. The summed E-state index contributed by atoms with van der Waals surface area (Å²) in [5.41, 5.74) is 2.72. The topological polar surface area (TPSA) is 44.4 Å². The van der Waals surface area contributed by atoms with Crippen molar-refractivity contribution in [3.63, 3.8) is 0 Å². The lowest BCUT2D eigenvalue weighted by Gasteiger charge is -2.37. The Balaban J connectivity index is 1.51. The molecule has 0 aromatic heterocycles. The minimum absolute atomic E-state index is 0.0379. The van der Waals surface area contributed by atoms with Crippen molar-refractivity contribution in [1.29, 1.82) is 0 Å². The standard InChI is InChI=1S/C20H31N3O/c1-15-6-3-8-18(12-15)16(2)23-11-5-7-17(14-23)13-22-20(24)19-9-4-10-21-19/h3,6,8,12,16-17,19,21H,4-5,7,9-11,13-14H2,1-2H3,(H,22,24). The fraction of sp³-hybridized carbons (Fsp3) is 0.650. The third kappa shape index (κ3) is 4.37. The van der Waals surface area contributed by atoms with Crippen LogP contribution >= 0.6 is 0 Å². The molecule has 2 N–H and O–H groups in total. The van der Waals surface area contributed by atoms with Crippen LogP contribution in [0.15, 0.2) is 24.3 Å². The van der Waals surface area contributed by atoms with Crippen molar-refractivity contribution < 1.29 is 4.79 Å². The average Bonchev–Trinajstić information content (AvgIpc) is 3.14. The number of piperidine rings is 1. The Morgan fingerprint density at radius 3 is 3.00 bits per heavy atom. The molecule has 3 unspecified atom stereocenters. The summed E-state index contributed by atoms with van der Waals surface area (Å²) in [6, 6.07) is 9.31. The lowest BCUT2D eigenvalue weighted by atomic mass is 9.94. The van der Waals surface area contributed by atoms with Gasteiger partial charge in [0.05, 0.1) is 6.04 Å². The van der Waals surface area contributed by atoms with E-state index >= 15 is 0 Å². The van der Waals surface area contributed by atoms with Gasteiger partial charge in [0.25, 0.3) is 0 Å². The van der Waals surface area contributed by atoms with Gasteiger partial charge in [-0.05, 0) is 64.1 Å². The molecule has 4 nitrogen and oxygen atoms in total. The Morgan fingerprint density at radius 2 is 2.25 bits per heavy atom. The van der Waals surface area contributed by atoms with Crippen LogP contribution in [0.2, 0.25) is 0 Å². The Hall–Kier alpha value is -1.39. The van der Waals surface area contributed by atoms with Crippen molar-refractivity contribution in [1.82, 2.24) is 15.5 Å². The normalized spacial score (nSPS) is 26.2. The van der Waals surface area contributed by atoms with Crippen molar-refractivity contribution >= 4 is 5.91 Å². The van der Waals surface area contributed by atoms with Crippen molar-refractivity contribution in [2.75, 3.05) is 26.2 Å². The summed E-state index contributed by atoms with van der Waals surface area (Å²) in [7, 11) is 0. The molecule has 4 heteroatoms. The molecule has 3 atom stereocenters. The molecule has 0 radical (unpaired) electrons. The summed E-state index contributed by atoms with van der Waals surface area (Å²) in [6.45, 7) is 8.48. The minimum Gasteiger partial charge on any atom is -0.354 e. The first-order chi connectivity index (χ1) is 11.6. The molecule has 2 aliphatic heterocycles. The van der Waals surface area contributed by atoms with Gasteiger partial charge >= 0.3 is 0 Å². The molecule has 2 fully saturated rings. The van der Waals surface area contributed by atoms with Gasteiger partial charge in [-0.2, -0.15) is 0 Å². The van der Waals surface area contributed by atoms with Crippen LogP contribution in [0.1, 0.15) is 49.8 Å². The summed E-state index contributed by atoms with van der Waals surface area (Å²) in [6.07, 6.45) is 4.53. The summed E-state index contributed by atoms with van der Waals surface area (Å²) in [5.74, 6) is 0.757. The Morgan fingerprint density at radius 1 is 1.38 bits per heavy atom. The predicted molar refractivity (Wildman–Crippen MR) is 97.9 cm³/mol. The fourth-order valence-corrected chi connectivity index (χ4v) is 4.03. The van der Waals surface area contributed by atoms with Gasteiger partial charge in [0, 0.05) is 19.1 Å². The third-order valence-electron chi connectivity index (χ3n) is 5.56. The molecule has 1 amide bonds. The van der Waals surface area contributed by atoms with Crippen LogP contribution in [-0.2, 0) is 4.79 Å². The van der Waals surface area contributed by atoms with Gasteiger partial charge in [-0.25, -0.2) is 0 Å². The van der Waals surface area contributed by atoms with Crippen LogP contribution in [0, 0.1) is 12.8 Å². The highest BCUT2D eigenvalue weighted by Gasteiger charge is 2.26. The van der Waals surface area contributed by atoms with Crippen molar-refractivity contribution in [2.45, 2.75) is 51.6 Å². The molecule has 24 heavy (non-hydrogen) atoms. The molecule has 0 aliphatic carbocycles. The number of hydrogen-bond donors (Lipinski definition) is 2. The van der Waals surface area contributed by atoms with E-state index in [1.54, 1.807) is 0 Å². The second-order valence-corrected chi connectivity index (χ2v) is 7.49. The molecule has 1 aromatic carbocycles.